The Morgan fingerprint density at radius 3 is 2.76 bits per heavy atom. The third-order valence-corrected chi connectivity index (χ3v) is 4.51. The maximum absolute atomic E-state index is 12.8. The van der Waals surface area contributed by atoms with Gasteiger partial charge >= 0.3 is 6.18 Å². The van der Waals surface area contributed by atoms with Crippen molar-refractivity contribution in [2.75, 3.05) is 6.54 Å². The maximum Gasteiger partial charge on any atom is 0.417 e. The molecule has 2 aliphatic rings. The number of terminal acetylenes is 1. The van der Waals surface area contributed by atoms with Crippen LogP contribution in [0.2, 0.25) is 0 Å². The molecule has 2 aliphatic heterocycles. The van der Waals surface area contributed by atoms with Gasteiger partial charge in [0.05, 0.1) is 5.56 Å². The number of hydrogen-bond donors (Lipinski definition) is 0. The van der Waals surface area contributed by atoms with E-state index in [1.54, 1.807) is 4.90 Å². The third kappa shape index (κ3) is 3.98. The lowest BCUT2D eigenvalue weighted by Crippen LogP contribution is -2.37. The number of fused-ring (bicyclic) bond motifs is 1. The first-order chi connectivity index (χ1) is 11.8. The summed E-state index contributed by atoms with van der Waals surface area (Å²) in [6, 6.07) is 1.09. The lowest BCUT2D eigenvalue weighted by molar-refractivity contribution is -0.137. The Bertz CT molecular complexity index is 745. The van der Waals surface area contributed by atoms with Crippen LogP contribution in [0, 0.1) is 12.3 Å². The van der Waals surface area contributed by atoms with E-state index < -0.39 is 17.4 Å². The standard InChI is InChI=1S/C17H17F3N4O/c1-2-3-6-16(22-23-16)7-4-15(25)24-8-5-14-12(11-24)9-13(10-21-14)17(18,19)20/h1,9-10H,3-8,11H2. The van der Waals surface area contributed by atoms with Gasteiger partial charge in [-0.05, 0) is 11.6 Å². The highest BCUT2D eigenvalue weighted by Crippen LogP contribution is 2.38. The first-order valence-corrected chi connectivity index (χ1v) is 8.03. The van der Waals surface area contributed by atoms with Gasteiger partial charge in [0, 0.05) is 57.1 Å². The highest BCUT2D eigenvalue weighted by atomic mass is 19.4. The predicted molar refractivity (Wildman–Crippen MR) is 83.2 cm³/mol. The van der Waals surface area contributed by atoms with Gasteiger partial charge in [0.1, 0.15) is 0 Å². The molecule has 3 heterocycles. The molecule has 8 heteroatoms. The molecule has 0 radical (unpaired) electrons. The molecular formula is C17H17F3N4O. The molecule has 0 saturated carbocycles. The molecule has 0 spiro atoms. The van der Waals surface area contributed by atoms with Crippen molar-refractivity contribution in [2.45, 2.75) is 50.5 Å². The number of alkyl halides is 3. The number of carbonyl (C=O) groups is 1. The fourth-order valence-corrected chi connectivity index (χ4v) is 2.93. The second-order valence-electron chi connectivity index (χ2n) is 6.28. The van der Waals surface area contributed by atoms with Gasteiger partial charge in [-0.3, -0.25) is 9.78 Å². The smallest absolute Gasteiger partial charge is 0.338 e. The van der Waals surface area contributed by atoms with Crippen LogP contribution in [0.1, 0.15) is 42.5 Å². The fraction of sp³-hybridized carbons (Fsp3) is 0.529. The normalized spacial score (nSPS) is 17.8. The largest absolute Gasteiger partial charge is 0.417 e. The number of carbonyl (C=O) groups excluding carboxylic acids is 1. The summed E-state index contributed by atoms with van der Waals surface area (Å²) in [5.74, 6) is 2.42. The zero-order chi connectivity index (χ0) is 18.1. The summed E-state index contributed by atoms with van der Waals surface area (Å²) >= 11 is 0. The van der Waals surface area contributed by atoms with Gasteiger partial charge in [0.25, 0.3) is 0 Å². The van der Waals surface area contributed by atoms with Gasteiger partial charge < -0.3 is 4.90 Å². The minimum Gasteiger partial charge on any atom is -0.338 e. The van der Waals surface area contributed by atoms with E-state index >= 15 is 0 Å². The van der Waals surface area contributed by atoms with Crippen LogP contribution in [0.4, 0.5) is 13.2 Å². The van der Waals surface area contributed by atoms with Gasteiger partial charge in [-0.25, -0.2) is 0 Å². The molecule has 1 aromatic rings. The molecular weight excluding hydrogens is 333 g/mol. The van der Waals surface area contributed by atoms with Gasteiger partial charge in [0.2, 0.25) is 5.91 Å². The van der Waals surface area contributed by atoms with Crippen LogP contribution < -0.4 is 0 Å². The summed E-state index contributed by atoms with van der Waals surface area (Å²) < 4.78 is 38.5. The summed E-state index contributed by atoms with van der Waals surface area (Å²) in [5, 5.41) is 7.97. The Kier molecular flexibility index (Phi) is 4.50. The topological polar surface area (TPSA) is 57.9 Å². The molecule has 0 bridgehead atoms. The van der Waals surface area contributed by atoms with E-state index in [0.29, 0.717) is 43.5 Å². The van der Waals surface area contributed by atoms with E-state index in [-0.39, 0.29) is 18.9 Å². The fourth-order valence-electron chi connectivity index (χ4n) is 2.93. The number of rotatable bonds is 5. The molecule has 0 atom stereocenters. The Labute approximate surface area is 143 Å². The number of halogens is 3. The van der Waals surface area contributed by atoms with E-state index in [4.69, 9.17) is 6.42 Å². The molecule has 0 aliphatic carbocycles. The van der Waals surface area contributed by atoms with Crippen molar-refractivity contribution in [1.29, 1.82) is 0 Å². The van der Waals surface area contributed by atoms with Gasteiger partial charge in [0.15, 0.2) is 5.66 Å². The van der Waals surface area contributed by atoms with Crippen LogP contribution in [0.25, 0.3) is 0 Å². The van der Waals surface area contributed by atoms with Crippen molar-refractivity contribution in [3.8, 4) is 12.3 Å². The molecule has 0 saturated heterocycles. The second-order valence-corrected chi connectivity index (χ2v) is 6.28. The first-order valence-electron chi connectivity index (χ1n) is 8.03. The van der Waals surface area contributed by atoms with Gasteiger partial charge in [-0.15, -0.1) is 12.3 Å². The van der Waals surface area contributed by atoms with E-state index in [1.165, 1.54) is 0 Å². The Hall–Kier alpha value is -2.43. The number of amides is 1. The van der Waals surface area contributed by atoms with Crippen molar-refractivity contribution in [1.82, 2.24) is 9.88 Å². The minimum atomic E-state index is -4.44. The Balaban J connectivity index is 1.60. The van der Waals surface area contributed by atoms with Crippen molar-refractivity contribution in [3.63, 3.8) is 0 Å². The molecule has 1 amide bonds. The molecule has 0 fully saturated rings. The first kappa shape index (κ1) is 17.4. The lowest BCUT2D eigenvalue weighted by Gasteiger charge is -2.29. The second kappa shape index (κ2) is 6.47. The molecule has 132 valence electrons. The SMILES string of the molecule is C#CCCC1(CCC(=O)N2CCc3ncc(C(F)(F)F)cc3C2)N=N1. The van der Waals surface area contributed by atoms with Crippen molar-refractivity contribution in [3.05, 3.63) is 29.1 Å². The molecule has 5 nitrogen and oxygen atoms in total. The number of nitrogens with zero attached hydrogens (tertiary/aromatic N) is 4. The average Bonchev–Trinajstić information content (AvgIpc) is 3.36. The van der Waals surface area contributed by atoms with Crippen LogP contribution in [-0.4, -0.2) is 28.0 Å². The number of aromatic nitrogens is 1. The Morgan fingerprint density at radius 1 is 1.36 bits per heavy atom. The highest BCUT2D eigenvalue weighted by molar-refractivity contribution is 5.76. The minimum absolute atomic E-state index is 0.111. The van der Waals surface area contributed by atoms with Crippen LogP contribution in [0.15, 0.2) is 22.5 Å². The summed E-state index contributed by atoms with van der Waals surface area (Å²) in [4.78, 5) is 17.9. The molecule has 0 N–H and O–H groups in total. The zero-order valence-electron chi connectivity index (χ0n) is 13.5. The zero-order valence-corrected chi connectivity index (χ0v) is 13.5. The summed E-state index contributed by atoms with van der Waals surface area (Å²) in [7, 11) is 0. The molecule has 3 rings (SSSR count). The van der Waals surface area contributed by atoms with Crippen LogP contribution in [0.3, 0.4) is 0 Å². The third-order valence-electron chi connectivity index (χ3n) is 4.51. The summed E-state index contributed by atoms with van der Waals surface area (Å²) in [5.41, 5.74) is -0.239. The van der Waals surface area contributed by atoms with E-state index in [1.807, 2.05) is 0 Å². The van der Waals surface area contributed by atoms with Crippen LogP contribution >= 0.6 is 0 Å². The predicted octanol–water partition coefficient (Wildman–Crippen LogP) is 3.34. The molecule has 0 unspecified atom stereocenters. The quantitative estimate of drug-likeness (QED) is 0.765. The average molecular weight is 350 g/mol. The van der Waals surface area contributed by atoms with E-state index in [2.05, 4.69) is 21.1 Å². The highest BCUT2D eigenvalue weighted by Gasteiger charge is 2.40. The lowest BCUT2D eigenvalue weighted by atomic mass is 10.00. The van der Waals surface area contributed by atoms with Crippen LogP contribution in [-0.2, 0) is 23.9 Å². The monoisotopic (exact) mass is 350 g/mol. The molecule has 1 aromatic heterocycles. The van der Waals surface area contributed by atoms with E-state index in [9.17, 15) is 18.0 Å². The van der Waals surface area contributed by atoms with Gasteiger partial charge in [-0.2, -0.15) is 23.4 Å². The summed E-state index contributed by atoms with van der Waals surface area (Å²) in [6.45, 7) is 0.604. The molecule has 25 heavy (non-hydrogen) atoms. The van der Waals surface area contributed by atoms with Crippen molar-refractivity contribution >= 4 is 5.91 Å². The number of pyridine rings is 1. The van der Waals surface area contributed by atoms with Gasteiger partial charge in [-0.1, -0.05) is 0 Å². The maximum atomic E-state index is 12.8. The van der Waals surface area contributed by atoms with Crippen LogP contribution in [0.5, 0.6) is 0 Å². The van der Waals surface area contributed by atoms with Crippen molar-refractivity contribution < 1.29 is 18.0 Å². The van der Waals surface area contributed by atoms with Crippen molar-refractivity contribution in [2.24, 2.45) is 10.2 Å². The number of hydrogen-bond acceptors (Lipinski definition) is 4. The Morgan fingerprint density at radius 2 is 2.12 bits per heavy atom. The summed E-state index contributed by atoms with van der Waals surface area (Å²) in [6.07, 6.45) is 4.00. The molecule has 0 aromatic carbocycles. The van der Waals surface area contributed by atoms with E-state index in [0.717, 1.165) is 12.3 Å².